The molecule has 194 valence electrons. The van der Waals surface area contributed by atoms with Crippen molar-refractivity contribution < 1.29 is 18.3 Å². The van der Waals surface area contributed by atoms with Crippen molar-refractivity contribution in [1.82, 2.24) is 19.1 Å². The highest BCUT2D eigenvalue weighted by Crippen LogP contribution is 2.40. The quantitative estimate of drug-likeness (QED) is 0.441. The van der Waals surface area contributed by atoms with Gasteiger partial charge in [-0.05, 0) is 56.5 Å². The Hall–Kier alpha value is -3.69. The third-order valence-corrected chi connectivity index (χ3v) is 9.46. The number of rotatable bonds is 6. The van der Waals surface area contributed by atoms with Crippen LogP contribution in [-0.4, -0.2) is 44.1 Å². The van der Waals surface area contributed by atoms with Crippen LogP contribution in [0.25, 0.3) is 10.9 Å². The van der Waals surface area contributed by atoms with Gasteiger partial charge in [0.25, 0.3) is 5.56 Å². The molecule has 0 spiro atoms. The number of nitriles is 1. The monoisotopic (exact) mass is 524 g/mol. The molecule has 3 aromatic rings. The Bertz CT molecular complexity index is 1600. The van der Waals surface area contributed by atoms with E-state index in [1.807, 2.05) is 0 Å². The first-order chi connectivity index (χ1) is 17.5. The number of aromatic amines is 1. The number of hydrogen-bond donors (Lipinski definition) is 3. The molecule has 3 heterocycles. The molecule has 2 unspecified atom stereocenters. The Balaban J connectivity index is 1.52. The topological polar surface area (TPSA) is 161 Å². The second-order valence-electron chi connectivity index (χ2n) is 10.3. The fraction of sp³-hybridized carbons (Fsp3) is 0.440. The molecule has 1 saturated carbocycles. The molecule has 0 radical (unpaired) electrons. The van der Waals surface area contributed by atoms with Crippen LogP contribution in [0.15, 0.2) is 40.2 Å². The molecular weight excluding hydrogens is 496 g/mol. The molecule has 1 aliphatic carbocycles. The number of carboxylic acid groups (broad SMARTS) is 1. The molecule has 1 aromatic carbocycles. The lowest BCUT2D eigenvalue weighted by atomic mass is 9.85. The number of anilines is 2. The maximum Gasteiger partial charge on any atom is 0.305 e. The summed E-state index contributed by atoms with van der Waals surface area (Å²) in [6, 6.07) is 8.79. The van der Waals surface area contributed by atoms with Gasteiger partial charge in [-0.15, -0.1) is 0 Å². The summed E-state index contributed by atoms with van der Waals surface area (Å²) in [5, 5.41) is 27.2. The Kier molecular flexibility index (Phi) is 6.08. The van der Waals surface area contributed by atoms with Crippen LogP contribution >= 0.6 is 0 Å². The van der Waals surface area contributed by atoms with Gasteiger partial charge in [0.15, 0.2) is 5.82 Å². The predicted molar refractivity (Wildman–Crippen MR) is 136 cm³/mol. The second kappa shape index (κ2) is 9.00. The van der Waals surface area contributed by atoms with Crippen LogP contribution in [0.3, 0.4) is 0 Å². The Labute approximate surface area is 213 Å². The third-order valence-electron chi connectivity index (χ3n) is 7.30. The van der Waals surface area contributed by atoms with E-state index < -0.39 is 21.5 Å². The van der Waals surface area contributed by atoms with Crippen molar-refractivity contribution in [1.29, 1.82) is 5.26 Å². The first-order valence-corrected chi connectivity index (χ1v) is 13.6. The van der Waals surface area contributed by atoms with Crippen LogP contribution in [0.5, 0.6) is 0 Å². The smallest absolute Gasteiger partial charge is 0.305 e. The summed E-state index contributed by atoms with van der Waals surface area (Å²) in [6.07, 6.45) is 4.76. The molecule has 0 bridgehead atoms. The van der Waals surface area contributed by atoms with E-state index >= 15 is 0 Å². The fourth-order valence-electron chi connectivity index (χ4n) is 5.52. The summed E-state index contributed by atoms with van der Waals surface area (Å²) in [5.41, 5.74) is 0.265. The number of carbonyl (C=O) groups is 1. The molecule has 2 aliphatic rings. The first kappa shape index (κ1) is 25.0. The third kappa shape index (κ3) is 4.28. The number of carboxylic acids is 1. The van der Waals surface area contributed by atoms with Gasteiger partial charge < -0.3 is 15.4 Å². The van der Waals surface area contributed by atoms with Crippen molar-refractivity contribution in [2.45, 2.75) is 69.0 Å². The van der Waals surface area contributed by atoms with Gasteiger partial charge in [0, 0.05) is 24.0 Å². The number of hydrogen-bond acceptors (Lipinski definition) is 7. The highest BCUT2D eigenvalue weighted by atomic mass is 32.2. The number of fused-ring (bicyclic) bond motifs is 2. The molecule has 1 aliphatic heterocycles. The molecule has 3 N–H and O–H groups in total. The van der Waals surface area contributed by atoms with E-state index in [-0.39, 0.29) is 35.4 Å². The van der Waals surface area contributed by atoms with E-state index in [1.165, 1.54) is 10.4 Å². The van der Waals surface area contributed by atoms with Crippen LogP contribution in [-0.2, 0) is 21.4 Å². The number of benzene rings is 1. The number of nitrogens with one attached hydrogen (secondary N) is 2. The summed E-state index contributed by atoms with van der Waals surface area (Å²) in [4.78, 5) is 26.9. The van der Waals surface area contributed by atoms with Crippen molar-refractivity contribution in [2.75, 3.05) is 5.32 Å². The summed E-state index contributed by atoms with van der Waals surface area (Å²) in [5.74, 6) is -0.958. The van der Waals surface area contributed by atoms with Crippen molar-refractivity contribution in [3.63, 3.8) is 0 Å². The van der Waals surface area contributed by atoms with E-state index in [2.05, 4.69) is 16.4 Å². The SMILES string of the molecule is CC(C)(CC(=O)O)N1Cc2cc(Nc3nn(C4CCCCC4C#N)c4cc[nH]c(=O)c34)ccc2S1(=O)=O. The Morgan fingerprint density at radius 1 is 1.30 bits per heavy atom. The molecular formula is C25H28N6O5S. The number of nitrogens with zero attached hydrogens (tertiary/aromatic N) is 4. The zero-order chi connectivity index (χ0) is 26.5. The van der Waals surface area contributed by atoms with E-state index in [1.54, 1.807) is 42.9 Å². The van der Waals surface area contributed by atoms with Gasteiger partial charge in [0.1, 0.15) is 5.39 Å². The number of aliphatic carboxylic acids is 1. The molecule has 37 heavy (non-hydrogen) atoms. The molecule has 11 nitrogen and oxygen atoms in total. The Morgan fingerprint density at radius 3 is 2.78 bits per heavy atom. The molecule has 0 saturated heterocycles. The molecule has 0 amide bonds. The van der Waals surface area contributed by atoms with Gasteiger partial charge in [0.05, 0.1) is 34.9 Å². The van der Waals surface area contributed by atoms with Crippen LogP contribution in [0.1, 0.15) is 57.6 Å². The largest absolute Gasteiger partial charge is 0.481 e. The number of aromatic nitrogens is 3. The van der Waals surface area contributed by atoms with E-state index in [9.17, 15) is 28.4 Å². The number of pyridine rings is 1. The van der Waals surface area contributed by atoms with Crippen molar-refractivity contribution >= 4 is 38.4 Å². The van der Waals surface area contributed by atoms with Gasteiger partial charge in [-0.25, -0.2) is 8.42 Å². The Morgan fingerprint density at radius 2 is 2.05 bits per heavy atom. The summed E-state index contributed by atoms with van der Waals surface area (Å²) in [6.45, 7) is 3.22. The molecule has 2 aromatic heterocycles. The normalized spacial score (nSPS) is 21.4. The van der Waals surface area contributed by atoms with Gasteiger partial charge in [-0.1, -0.05) is 12.8 Å². The highest BCUT2D eigenvalue weighted by Gasteiger charge is 2.44. The number of H-pyrrole nitrogens is 1. The summed E-state index contributed by atoms with van der Waals surface area (Å²) >= 11 is 0. The highest BCUT2D eigenvalue weighted by molar-refractivity contribution is 7.89. The minimum absolute atomic E-state index is 0.0369. The average molecular weight is 525 g/mol. The lowest BCUT2D eigenvalue weighted by Gasteiger charge is -2.32. The maximum atomic E-state index is 13.2. The van der Waals surface area contributed by atoms with Crippen molar-refractivity contribution in [3.8, 4) is 6.07 Å². The van der Waals surface area contributed by atoms with E-state index in [0.717, 1.165) is 25.7 Å². The predicted octanol–water partition coefficient (Wildman–Crippen LogP) is 3.48. The number of sulfonamides is 1. The van der Waals surface area contributed by atoms with Gasteiger partial charge >= 0.3 is 5.97 Å². The van der Waals surface area contributed by atoms with Crippen LogP contribution in [0.2, 0.25) is 0 Å². The molecule has 1 fully saturated rings. The lowest BCUT2D eigenvalue weighted by Crippen LogP contribution is -2.45. The zero-order valence-electron chi connectivity index (χ0n) is 20.6. The minimum Gasteiger partial charge on any atom is -0.481 e. The standard InChI is InChI=1S/C25H28N6O5S/c1-25(2,12-21(32)33)30-14-16-11-17(7-8-20(16)37(30,35)36)28-23-22-19(9-10-27-24(22)34)31(29-23)18-6-4-3-5-15(18)13-26/h7-11,15,18H,3-6,12,14H2,1-2H3,(H,27,34)(H,28,29)(H,32,33). The van der Waals surface area contributed by atoms with Crippen LogP contribution < -0.4 is 10.9 Å². The zero-order valence-corrected chi connectivity index (χ0v) is 21.4. The second-order valence-corrected chi connectivity index (χ2v) is 12.1. The van der Waals surface area contributed by atoms with E-state index in [4.69, 9.17) is 5.10 Å². The summed E-state index contributed by atoms with van der Waals surface area (Å²) in [7, 11) is -3.86. The van der Waals surface area contributed by atoms with Gasteiger partial charge in [0.2, 0.25) is 10.0 Å². The average Bonchev–Trinajstić information content (AvgIpc) is 3.33. The van der Waals surface area contributed by atoms with Gasteiger partial charge in [-0.3, -0.25) is 14.3 Å². The summed E-state index contributed by atoms with van der Waals surface area (Å²) < 4.78 is 29.3. The molecule has 2 atom stereocenters. The van der Waals surface area contributed by atoms with Crippen LogP contribution in [0.4, 0.5) is 11.5 Å². The lowest BCUT2D eigenvalue weighted by molar-refractivity contribution is -0.139. The minimum atomic E-state index is -3.86. The van der Waals surface area contributed by atoms with Crippen LogP contribution in [0, 0.1) is 17.2 Å². The van der Waals surface area contributed by atoms with Gasteiger partial charge in [-0.2, -0.15) is 14.7 Å². The van der Waals surface area contributed by atoms with Crippen molar-refractivity contribution in [3.05, 3.63) is 46.4 Å². The van der Waals surface area contributed by atoms with E-state index in [0.29, 0.717) is 28.0 Å². The molecule has 5 rings (SSSR count). The fourth-order valence-corrected chi connectivity index (χ4v) is 7.48. The van der Waals surface area contributed by atoms with Crippen molar-refractivity contribution in [2.24, 2.45) is 5.92 Å². The first-order valence-electron chi connectivity index (χ1n) is 12.2. The molecule has 12 heteroatoms. The maximum absolute atomic E-state index is 13.2.